The summed E-state index contributed by atoms with van der Waals surface area (Å²) in [4.78, 5) is 30.2. The van der Waals surface area contributed by atoms with Crippen LogP contribution in [0.2, 0.25) is 0 Å². The van der Waals surface area contributed by atoms with Gasteiger partial charge < -0.3 is 18.0 Å². The Bertz CT molecular complexity index is 2920. The Balaban J connectivity index is -0.0000000559. The summed E-state index contributed by atoms with van der Waals surface area (Å²) in [5, 5.41) is 31.5. The summed E-state index contributed by atoms with van der Waals surface area (Å²) >= 11 is 6.72. The molecule has 0 fully saturated rings. The van der Waals surface area contributed by atoms with Crippen LogP contribution in [0.1, 0.15) is 275 Å². The Morgan fingerprint density at radius 2 is 0.716 bits per heavy atom. The second-order valence-electron chi connectivity index (χ2n) is 19.3. The zero-order chi connectivity index (χ0) is 68.1. The van der Waals surface area contributed by atoms with Crippen LogP contribution < -0.4 is 0 Å². The Kier molecular flexibility index (Phi) is 95.0. The number of thiazole rings is 3. The lowest BCUT2D eigenvalue weighted by atomic mass is 10.2. The second kappa shape index (κ2) is 72.1. The van der Waals surface area contributed by atoms with Crippen LogP contribution in [0.4, 0.5) is 0 Å². The molecule has 0 radical (unpaired) electrons. The van der Waals surface area contributed by atoms with Crippen LogP contribution >= 0.6 is 45.5 Å². The van der Waals surface area contributed by atoms with Crippen molar-refractivity contribution in [3.63, 3.8) is 0 Å². The monoisotopic (exact) mass is 1510 g/mol. The number of hydrogen-bond acceptors (Lipinski definition) is 22. The van der Waals surface area contributed by atoms with E-state index in [0.29, 0.717) is 11.7 Å². The van der Waals surface area contributed by atoms with Gasteiger partial charge in [0.2, 0.25) is 5.89 Å². The first kappa shape index (κ1) is 134. The highest BCUT2D eigenvalue weighted by molar-refractivity contribution is 7.12. The Morgan fingerprint density at radius 1 is 0.343 bits per heavy atom. The SMILES string of the molecule is C.C.C.C.C.C.C.C.C.C.C.C.C.C.CC.CC.Cc1ccn(C)n1.Cc1cnn(C)c1.Cc1nc(C)c(C)o1.Cc1nc(C)c(C)s1.Cc1nc(C)c(C)s1.Cc1nc(C)c(C)s1.Cc1nn(C)nc1C.Cc1noc(C)c1C.Cc1noc(C)c1C.Cc1noc(C)n1.Cc1nsc(C)n1. The number of hydrogen-bond donors (Lipinski definition) is 0. The van der Waals surface area contributed by atoms with Crippen LogP contribution in [0.5, 0.6) is 0 Å². The van der Waals surface area contributed by atoms with Crippen LogP contribution in [0, 0.1) is 180 Å². The van der Waals surface area contributed by atoms with Crippen LogP contribution in [0.3, 0.4) is 0 Å². The van der Waals surface area contributed by atoms with Gasteiger partial charge in [-0.15, -0.1) is 34.0 Å². The largest absolute Gasteiger partial charge is 0.446 e. The first-order valence-corrected chi connectivity index (χ1v) is 32.0. The predicted octanol–water partition coefficient (Wildman–Crippen LogP) is 25.7. The van der Waals surface area contributed by atoms with Gasteiger partial charge in [0.15, 0.2) is 11.7 Å². The van der Waals surface area contributed by atoms with E-state index in [2.05, 4.69) is 95.4 Å². The summed E-state index contributed by atoms with van der Waals surface area (Å²) in [5.74, 6) is 5.70. The first-order valence-electron chi connectivity index (χ1n) is 28.8. The molecule has 0 unspecified atom stereocenters. The molecule has 0 amide bonds. The second-order valence-corrected chi connectivity index (χ2v) is 24.5. The quantitative estimate of drug-likeness (QED) is 0.137. The fourth-order valence-corrected chi connectivity index (χ4v) is 9.00. The molecule has 102 heavy (non-hydrogen) atoms. The molecule has 25 heteroatoms. The molecule has 0 aliphatic carbocycles. The molecule has 11 heterocycles. The molecule has 0 aliphatic rings. The molecule has 11 aromatic rings. The maximum Gasteiger partial charge on any atom is 0.223 e. The van der Waals surface area contributed by atoms with E-state index < -0.39 is 0 Å². The fraction of sp³-hybridized carbons (Fsp3) is 0.610. The smallest absolute Gasteiger partial charge is 0.223 e. The zero-order valence-electron chi connectivity index (χ0n) is 59.2. The number of rotatable bonds is 0. The standard InChI is InChI=1S/3C6H9NO.3C6H9NS.C5H9N3.2C5H8N2.C4H6N2O.C4H6N2S.2C2H6.14CH4/c1-4-5(2)8-6(3)7-4;2*1-4-5(2)7-8-6(4)3;3*1-4-5(2)8-6(3)7-4;1-4-5(2)7-8(3)6-4;1-5-3-6-7(2)4-5;1-5-3-4-7(2)6-5;2*1-3-5-4(2)7-6-3;2*1-2;;;;;;;;;;;;;;/h7*1-3H3;2*3-4H,1-2H3;2*1-2H3;2*1-2H3;14*1H4. The summed E-state index contributed by atoms with van der Waals surface area (Å²) in [6.07, 6.45) is 5.73. The molecule has 0 saturated heterocycles. The van der Waals surface area contributed by atoms with E-state index >= 15 is 0 Å². The van der Waals surface area contributed by atoms with E-state index in [0.717, 1.165) is 79.3 Å². The fourth-order valence-electron chi connectivity index (χ4n) is 6.07. The van der Waals surface area contributed by atoms with Gasteiger partial charge in [-0.1, -0.05) is 147 Å². The van der Waals surface area contributed by atoms with Crippen molar-refractivity contribution in [1.29, 1.82) is 0 Å². The zero-order valence-corrected chi connectivity index (χ0v) is 62.4. The van der Waals surface area contributed by atoms with Crippen LogP contribution in [0.25, 0.3) is 0 Å². The average molecular weight is 1520 g/mol. The molecule has 0 saturated carbocycles. The third kappa shape index (κ3) is 59.3. The molecule has 0 spiro atoms. The van der Waals surface area contributed by atoms with E-state index in [1.54, 1.807) is 62.0 Å². The normalized spacial score (nSPS) is 8.13. The van der Waals surface area contributed by atoms with Crippen molar-refractivity contribution in [2.24, 2.45) is 21.1 Å². The third-order valence-corrected chi connectivity index (χ3v) is 15.1. The molecular weight excluding hydrogens is 1360 g/mol. The lowest BCUT2D eigenvalue weighted by Gasteiger charge is -1.80. The molecule has 0 bridgehead atoms. The van der Waals surface area contributed by atoms with E-state index in [-0.39, 0.29) is 104 Å². The minimum atomic E-state index is 0. The van der Waals surface area contributed by atoms with Gasteiger partial charge in [-0.3, -0.25) is 9.36 Å². The number of aryl methyl sites for hydroxylation is 27. The van der Waals surface area contributed by atoms with Crippen LogP contribution in [-0.2, 0) is 21.1 Å². The van der Waals surface area contributed by atoms with Crippen molar-refractivity contribution in [2.75, 3.05) is 0 Å². The molecule has 0 aliphatic heterocycles. The molecule has 0 aromatic carbocycles. The minimum absolute atomic E-state index is 0. The van der Waals surface area contributed by atoms with Crippen molar-refractivity contribution < 1.29 is 18.0 Å². The van der Waals surface area contributed by atoms with Gasteiger partial charge >= 0.3 is 0 Å². The van der Waals surface area contributed by atoms with Gasteiger partial charge in [-0.2, -0.15) is 34.5 Å². The summed E-state index contributed by atoms with van der Waals surface area (Å²) in [6, 6.07) is 1.97. The lowest BCUT2D eigenvalue weighted by Crippen LogP contribution is -1.91. The van der Waals surface area contributed by atoms with Crippen molar-refractivity contribution in [3.8, 4) is 0 Å². The summed E-state index contributed by atoms with van der Waals surface area (Å²) < 4.78 is 26.9. The van der Waals surface area contributed by atoms with Crippen molar-refractivity contribution in [3.05, 3.63) is 168 Å². The Labute approximate surface area is 644 Å². The highest BCUT2D eigenvalue weighted by Gasteiger charge is 2.03. The molecule has 600 valence electrons. The highest BCUT2D eigenvalue weighted by Crippen LogP contribution is 2.16. The van der Waals surface area contributed by atoms with Gasteiger partial charge in [0.05, 0.1) is 72.5 Å². The van der Waals surface area contributed by atoms with Crippen molar-refractivity contribution in [2.45, 2.75) is 312 Å². The number of nitrogens with zero attached hydrogens (tertiary/aromatic N) is 17. The highest BCUT2D eigenvalue weighted by atomic mass is 32.1. The van der Waals surface area contributed by atoms with Gasteiger partial charge in [0, 0.05) is 73.1 Å². The first-order chi connectivity index (χ1) is 41.1. The van der Waals surface area contributed by atoms with E-state index in [1.807, 2.05) is 219 Å². The Hall–Kier alpha value is -7.22. The van der Waals surface area contributed by atoms with E-state index in [1.165, 1.54) is 63.8 Å². The van der Waals surface area contributed by atoms with Gasteiger partial charge in [-0.05, 0) is 189 Å². The molecule has 11 aromatic heterocycles. The third-order valence-electron chi connectivity index (χ3n) is 11.4. The van der Waals surface area contributed by atoms with Gasteiger partial charge in [0.25, 0.3) is 0 Å². The van der Waals surface area contributed by atoms with E-state index in [4.69, 9.17) is 13.5 Å². The number of aromatic nitrogens is 17. The average Bonchev–Trinajstić information content (AvgIpc) is 1.79. The molecule has 0 N–H and O–H groups in total. The summed E-state index contributed by atoms with van der Waals surface area (Å²) in [5.41, 5.74) is 13.1. The Morgan fingerprint density at radius 3 is 0.794 bits per heavy atom. The molecule has 0 atom stereocenters. The predicted molar refractivity (Wildman–Crippen MR) is 458 cm³/mol. The van der Waals surface area contributed by atoms with Crippen molar-refractivity contribution >= 4 is 45.5 Å². The molecular formula is C77H159N17O4S4. The summed E-state index contributed by atoms with van der Waals surface area (Å²) in [7, 11) is 5.64. The maximum atomic E-state index is 5.10. The maximum absolute atomic E-state index is 5.10. The number of oxazole rings is 1. The van der Waals surface area contributed by atoms with Gasteiger partial charge in [0.1, 0.15) is 28.1 Å². The van der Waals surface area contributed by atoms with Crippen molar-refractivity contribution in [1.82, 2.24) is 84.3 Å². The molecule has 11 rings (SSSR count). The van der Waals surface area contributed by atoms with E-state index in [9.17, 15) is 0 Å². The summed E-state index contributed by atoms with van der Waals surface area (Å²) in [6.45, 7) is 59.2. The van der Waals surface area contributed by atoms with Crippen LogP contribution in [0.15, 0.2) is 42.6 Å². The topological polar surface area (TPSA) is 248 Å². The lowest BCUT2D eigenvalue weighted by molar-refractivity contribution is 0.389. The van der Waals surface area contributed by atoms with Gasteiger partial charge in [-0.25, -0.2) is 24.9 Å². The molecule has 21 nitrogen and oxygen atoms in total. The van der Waals surface area contributed by atoms with Crippen LogP contribution in [-0.4, -0.2) is 84.3 Å². The minimum Gasteiger partial charge on any atom is -0.446 e.